The van der Waals surface area contributed by atoms with Crippen LogP contribution in [0.4, 0.5) is 0 Å². The summed E-state index contributed by atoms with van der Waals surface area (Å²) >= 11 is 0. The maximum Gasteiger partial charge on any atom is 0.295 e. The number of aryl methyl sites for hydroxylation is 1. The highest BCUT2D eigenvalue weighted by atomic mass is 16.5. The first-order valence-electron chi connectivity index (χ1n) is 12.0. The van der Waals surface area contributed by atoms with Crippen molar-refractivity contribution < 1.29 is 19.4 Å². The Morgan fingerprint density at radius 3 is 2.39 bits per heavy atom. The molecule has 2 aliphatic rings. The largest absolute Gasteiger partial charge is 0.507 e. The molecule has 1 unspecified atom stereocenters. The minimum absolute atomic E-state index is 0.0132. The van der Waals surface area contributed by atoms with Crippen LogP contribution in [0, 0.1) is 12.8 Å². The number of amides is 1. The van der Waals surface area contributed by atoms with E-state index in [0.29, 0.717) is 18.1 Å². The summed E-state index contributed by atoms with van der Waals surface area (Å²) in [5, 5.41) is 11.3. The van der Waals surface area contributed by atoms with Gasteiger partial charge in [0.05, 0.1) is 18.2 Å². The minimum Gasteiger partial charge on any atom is -0.507 e. The van der Waals surface area contributed by atoms with Crippen LogP contribution in [0.15, 0.2) is 54.1 Å². The summed E-state index contributed by atoms with van der Waals surface area (Å²) in [6.07, 6.45) is 5.02. The van der Waals surface area contributed by atoms with E-state index in [1.165, 1.54) is 0 Å². The molecule has 0 spiro atoms. The monoisotopic (exact) mass is 447 g/mol. The molecule has 33 heavy (non-hydrogen) atoms. The number of ether oxygens (including phenoxy) is 1. The molecule has 2 fully saturated rings. The Kier molecular flexibility index (Phi) is 6.87. The molecule has 0 aromatic heterocycles. The van der Waals surface area contributed by atoms with Gasteiger partial charge >= 0.3 is 0 Å². The summed E-state index contributed by atoms with van der Waals surface area (Å²) in [7, 11) is 0. The second-order valence-corrected chi connectivity index (χ2v) is 9.59. The van der Waals surface area contributed by atoms with Crippen molar-refractivity contribution in [1.82, 2.24) is 4.90 Å². The molecule has 1 amide bonds. The fourth-order valence-electron chi connectivity index (χ4n) is 4.92. The second kappa shape index (κ2) is 9.82. The maximum atomic E-state index is 13.3. The number of hydrogen-bond acceptors (Lipinski definition) is 4. The average Bonchev–Trinajstić information content (AvgIpc) is 3.09. The number of nitrogens with zero attached hydrogens (tertiary/aromatic N) is 1. The Bertz CT molecular complexity index is 1050. The second-order valence-electron chi connectivity index (χ2n) is 9.59. The molecular weight excluding hydrogens is 414 g/mol. The molecule has 1 heterocycles. The number of hydrogen-bond donors (Lipinski definition) is 1. The Hall–Kier alpha value is -3.08. The van der Waals surface area contributed by atoms with Crippen LogP contribution in [0.25, 0.3) is 5.76 Å². The summed E-state index contributed by atoms with van der Waals surface area (Å²) in [5.74, 6) is -0.0868. The molecule has 2 aromatic rings. The van der Waals surface area contributed by atoms with Gasteiger partial charge in [0.25, 0.3) is 11.7 Å². The van der Waals surface area contributed by atoms with Gasteiger partial charge in [-0.25, -0.2) is 0 Å². The number of likely N-dealkylation sites (tertiary alicyclic amines) is 1. The van der Waals surface area contributed by atoms with Crippen LogP contribution < -0.4 is 4.74 Å². The number of Topliss-reactive ketones (excluding diaryl/α,β-unsaturated/α-hetero) is 1. The van der Waals surface area contributed by atoms with E-state index in [1.54, 1.807) is 11.0 Å². The molecule has 0 radical (unpaired) electrons. The first-order valence-corrected chi connectivity index (χ1v) is 12.0. The molecule has 1 saturated heterocycles. The molecule has 1 aliphatic heterocycles. The molecule has 4 rings (SSSR count). The van der Waals surface area contributed by atoms with Gasteiger partial charge in [-0.05, 0) is 55.0 Å². The number of benzene rings is 2. The first kappa shape index (κ1) is 23.1. The molecule has 2 aromatic carbocycles. The fraction of sp³-hybridized carbons (Fsp3) is 0.429. The van der Waals surface area contributed by atoms with Crippen LogP contribution in [0.1, 0.15) is 68.7 Å². The topological polar surface area (TPSA) is 66.8 Å². The van der Waals surface area contributed by atoms with E-state index in [9.17, 15) is 14.7 Å². The van der Waals surface area contributed by atoms with Gasteiger partial charge in [-0.1, -0.05) is 63.4 Å². The highest BCUT2D eigenvalue weighted by Gasteiger charge is 2.48. The fourth-order valence-corrected chi connectivity index (χ4v) is 4.92. The molecule has 5 nitrogen and oxygen atoms in total. The minimum atomic E-state index is -0.607. The van der Waals surface area contributed by atoms with Crippen molar-refractivity contribution in [2.24, 2.45) is 5.92 Å². The molecule has 1 aliphatic carbocycles. The molecule has 5 heteroatoms. The van der Waals surface area contributed by atoms with Crippen LogP contribution in [0.3, 0.4) is 0 Å². The average molecular weight is 448 g/mol. The standard InChI is InChI=1S/C28H33NO4/c1-18(2)17-33-23-15-14-21(16-19(23)3)26(30)24-25(20-10-6-4-7-11-20)29(28(32)27(24)31)22-12-8-5-9-13-22/h4,6-7,10-11,14-16,18,22,25,30H,5,8-9,12-13,17H2,1-3H3/b26-24-. The van der Waals surface area contributed by atoms with Gasteiger partial charge in [-0.2, -0.15) is 0 Å². The van der Waals surface area contributed by atoms with Crippen molar-refractivity contribution in [1.29, 1.82) is 0 Å². The van der Waals surface area contributed by atoms with Crippen molar-refractivity contribution in [2.75, 3.05) is 6.61 Å². The van der Waals surface area contributed by atoms with E-state index < -0.39 is 17.7 Å². The van der Waals surface area contributed by atoms with Crippen LogP contribution >= 0.6 is 0 Å². The highest BCUT2D eigenvalue weighted by molar-refractivity contribution is 6.46. The Morgan fingerprint density at radius 1 is 1.06 bits per heavy atom. The smallest absolute Gasteiger partial charge is 0.295 e. The first-order chi connectivity index (χ1) is 15.9. The molecular formula is C28H33NO4. The number of rotatable bonds is 6. The SMILES string of the molecule is Cc1cc(/C(O)=C2/C(=O)C(=O)N(C3CCCCC3)C2c2ccccc2)ccc1OCC(C)C. The number of aliphatic hydroxyl groups excluding tert-OH is 1. The van der Waals surface area contributed by atoms with Crippen molar-refractivity contribution >= 4 is 17.4 Å². The van der Waals surface area contributed by atoms with E-state index >= 15 is 0 Å². The zero-order chi connectivity index (χ0) is 23.5. The van der Waals surface area contributed by atoms with Gasteiger partial charge < -0.3 is 14.7 Å². The van der Waals surface area contributed by atoms with E-state index in [-0.39, 0.29) is 17.4 Å². The Morgan fingerprint density at radius 2 is 1.76 bits per heavy atom. The number of carbonyl (C=O) groups is 2. The predicted molar refractivity (Wildman–Crippen MR) is 129 cm³/mol. The quantitative estimate of drug-likeness (QED) is 0.346. The summed E-state index contributed by atoms with van der Waals surface area (Å²) in [6, 6.07) is 14.4. The van der Waals surface area contributed by atoms with E-state index in [4.69, 9.17) is 4.74 Å². The Labute approximate surface area is 196 Å². The molecule has 1 saturated carbocycles. The zero-order valence-electron chi connectivity index (χ0n) is 19.7. The van der Waals surface area contributed by atoms with E-state index in [1.807, 2.05) is 49.4 Å². The predicted octanol–water partition coefficient (Wildman–Crippen LogP) is 5.78. The van der Waals surface area contributed by atoms with Crippen molar-refractivity contribution in [3.8, 4) is 5.75 Å². The van der Waals surface area contributed by atoms with Crippen molar-refractivity contribution in [2.45, 2.75) is 65.0 Å². The Balaban J connectivity index is 1.77. The van der Waals surface area contributed by atoms with Gasteiger partial charge in [-0.3, -0.25) is 9.59 Å². The van der Waals surface area contributed by atoms with Crippen molar-refractivity contribution in [3.63, 3.8) is 0 Å². The summed E-state index contributed by atoms with van der Waals surface area (Å²) in [5.41, 5.74) is 2.41. The van der Waals surface area contributed by atoms with Crippen LogP contribution in [-0.4, -0.2) is 34.3 Å². The van der Waals surface area contributed by atoms with Crippen LogP contribution in [0.2, 0.25) is 0 Å². The summed E-state index contributed by atoms with van der Waals surface area (Å²) in [4.78, 5) is 28.2. The lowest BCUT2D eigenvalue weighted by Crippen LogP contribution is -2.40. The third-order valence-electron chi connectivity index (χ3n) is 6.58. The molecule has 1 atom stereocenters. The van der Waals surface area contributed by atoms with Gasteiger partial charge in [0.15, 0.2) is 0 Å². The number of ketones is 1. The molecule has 0 bridgehead atoms. The highest BCUT2D eigenvalue weighted by Crippen LogP contribution is 2.43. The van der Waals surface area contributed by atoms with Gasteiger partial charge in [0, 0.05) is 11.6 Å². The lowest BCUT2D eigenvalue weighted by Gasteiger charge is -2.35. The third-order valence-corrected chi connectivity index (χ3v) is 6.58. The lowest BCUT2D eigenvalue weighted by molar-refractivity contribution is -0.141. The lowest BCUT2D eigenvalue weighted by atomic mass is 9.91. The maximum absolute atomic E-state index is 13.3. The van der Waals surface area contributed by atoms with Crippen LogP contribution in [-0.2, 0) is 9.59 Å². The summed E-state index contributed by atoms with van der Waals surface area (Å²) in [6.45, 7) is 6.70. The molecule has 1 N–H and O–H groups in total. The summed E-state index contributed by atoms with van der Waals surface area (Å²) < 4.78 is 5.86. The van der Waals surface area contributed by atoms with Gasteiger partial charge in [0.2, 0.25) is 0 Å². The van der Waals surface area contributed by atoms with E-state index in [2.05, 4.69) is 13.8 Å². The number of aliphatic hydroxyl groups is 1. The van der Waals surface area contributed by atoms with Crippen molar-refractivity contribution in [3.05, 3.63) is 70.8 Å². The molecule has 174 valence electrons. The van der Waals surface area contributed by atoms with Gasteiger partial charge in [-0.15, -0.1) is 0 Å². The van der Waals surface area contributed by atoms with Crippen LogP contribution in [0.5, 0.6) is 5.75 Å². The normalized spacial score (nSPS) is 21.1. The zero-order valence-corrected chi connectivity index (χ0v) is 19.7. The van der Waals surface area contributed by atoms with Gasteiger partial charge in [0.1, 0.15) is 11.5 Å². The van der Waals surface area contributed by atoms with E-state index in [0.717, 1.165) is 49.0 Å². The number of carbonyl (C=O) groups excluding carboxylic acids is 2. The third kappa shape index (κ3) is 4.68.